The van der Waals surface area contributed by atoms with Crippen LogP contribution in [0.1, 0.15) is 12.0 Å². The normalized spacial score (nSPS) is 9.92. The van der Waals surface area contributed by atoms with Gasteiger partial charge in [-0.3, -0.25) is 4.79 Å². The lowest BCUT2D eigenvalue weighted by Crippen LogP contribution is -2.18. The van der Waals surface area contributed by atoms with Crippen molar-refractivity contribution in [1.29, 1.82) is 0 Å². The molecule has 1 heterocycles. The van der Waals surface area contributed by atoms with E-state index >= 15 is 0 Å². The summed E-state index contributed by atoms with van der Waals surface area (Å²) in [6.45, 7) is 1.49. The highest BCUT2D eigenvalue weighted by molar-refractivity contribution is 7.07. The van der Waals surface area contributed by atoms with Crippen molar-refractivity contribution in [3.05, 3.63) is 22.4 Å². The fourth-order valence-corrected chi connectivity index (χ4v) is 1.59. The Labute approximate surface area is 81.7 Å². The van der Waals surface area contributed by atoms with Gasteiger partial charge in [0.1, 0.15) is 0 Å². The number of carbonyl (C=O) groups is 1. The number of hydrogen-bond donors (Lipinski definition) is 1. The number of nitrogens with one attached hydrogen (secondary N) is 1. The molecule has 0 saturated carbocycles. The van der Waals surface area contributed by atoms with Gasteiger partial charge >= 0.3 is 5.97 Å². The lowest BCUT2D eigenvalue weighted by molar-refractivity contribution is -0.140. The second kappa shape index (κ2) is 5.72. The highest BCUT2D eigenvalue weighted by Gasteiger charge is 1.98. The van der Waals surface area contributed by atoms with Gasteiger partial charge in [-0.15, -0.1) is 0 Å². The molecule has 0 saturated heterocycles. The topological polar surface area (TPSA) is 38.3 Å². The summed E-state index contributed by atoms with van der Waals surface area (Å²) in [5.41, 5.74) is 1.26. The molecule has 0 amide bonds. The van der Waals surface area contributed by atoms with Gasteiger partial charge in [0.25, 0.3) is 0 Å². The van der Waals surface area contributed by atoms with E-state index in [1.54, 1.807) is 11.3 Å². The Balaban J connectivity index is 2.05. The molecule has 0 aliphatic rings. The van der Waals surface area contributed by atoms with E-state index in [1.165, 1.54) is 12.7 Å². The van der Waals surface area contributed by atoms with E-state index in [0.717, 1.165) is 6.54 Å². The highest BCUT2D eigenvalue weighted by Crippen LogP contribution is 2.04. The summed E-state index contributed by atoms with van der Waals surface area (Å²) in [6.07, 6.45) is 0.431. The zero-order valence-corrected chi connectivity index (χ0v) is 8.39. The van der Waals surface area contributed by atoms with E-state index in [1.807, 2.05) is 5.38 Å². The van der Waals surface area contributed by atoms with Gasteiger partial charge in [-0.05, 0) is 22.4 Å². The summed E-state index contributed by atoms with van der Waals surface area (Å²) in [5.74, 6) is -0.169. The van der Waals surface area contributed by atoms with Crippen LogP contribution in [-0.4, -0.2) is 19.6 Å². The standard InChI is InChI=1S/C9H13NO2S/c1-12-9(11)2-4-10-6-8-3-5-13-7-8/h3,5,7,10H,2,4,6H2,1H3. The van der Waals surface area contributed by atoms with Crippen molar-refractivity contribution < 1.29 is 9.53 Å². The molecule has 0 aromatic carbocycles. The monoisotopic (exact) mass is 199 g/mol. The first-order valence-corrected chi connectivity index (χ1v) is 5.06. The Kier molecular flexibility index (Phi) is 4.49. The third-order valence-corrected chi connectivity index (χ3v) is 2.37. The largest absolute Gasteiger partial charge is 0.469 e. The fourth-order valence-electron chi connectivity index (χ4n) is 0.918. The van der Waals surface area contributed by atoms with Gasteiger partial charge in [0.15, 0.2) is 0 Å². The predicted molar refractivity (Wildman–Crippen MR) is 52.7 cm³/mol. The lowest BCUT2D eigenvalue weighted by atomic mass is 10.3. The number of rotatable bonds is 5. The van der Waals surface area contributed by atoms with Gasteiger partial charge in [0.2, 0.25) is 0 Å². The molecule has 0 spiro atoms. The SMILES string of the molecule is COC(=O)CCNCc1ccsc1. The van der Waals surface area contributed by atoms with E-state index in [4.69, 9.17) is 0 Å². The molecule has 0 aliphatic carbocycles. The maximum atomic E-state index is 10.7. The van der Waals surface area contributed by atoms with Crippen molar-refractivity contribution >= 4 is 17.3 Å². The summed E-state index contributed by atoms with van der Waals surface area (Å²) in [5, 5.41) is 7.29. The first-order chi connectivity index (χ1) is 6.33. The minimum absolute atomic E-state index is 0.169. The molecule has 72 valence electrons. The van der Waals surface area contributed by atoms with Crippen LogP contribution in [0.4, 0.5) is 0 Å². The molecule has 0 fully saturated rings. The second-order valence-corrected chi connectivity index (χ2v) is 3.41. The zero-order valence-electron chi connectivity index (χ0n) is 7.58. The number of thiophene rings is 1. The van der Waals surface area contributed by atoms with Crippen molar-refractivity contribution in [1.82, 2.24) is 5.32 Å². The van der Waals surface area contributed by atoms with Crippen molar-refractivity contribution in [3.8, 4) is 0 Å². The molecule has 1 rings (SSSR count). The molecule has 0 bridgehead atoms. The smallest absolute Gasteiger partial charge is 0.306 e. The molecule has 0 aliphatic heterocycles. The van der Waals surface area contributed by atoms with Crippen LogP contribution in [-0.2, 0) is 16.1 Å². The summed E-state index contributed by atoms with van der Waals surface area (Å²) in [6, 6.07) is 2.07. The van der Waals surface area contributed by atoms with Crippen LogP contribution >= 0.6 is 11.3 Å². The van der Waals surface area contributed by atoms with Crippen LogP contribution in [0.5, 0.6) is 0 Å². The summed E-state index contributed by atoms with van der Waals surface area (Å²) in [7, 11) is 1.40. The number of esters is 1. The number of ether oxygens (including phenoxy) is 1. The molecule has 1 N–H and O–H groups in total. The Morgan fingerprint density at radius 2 is 2.54 bits per heavy atom. The molecular weight excluding hydrogens is 186 g/mol. The van der Waals surface area contributed by atoms with Crippen LogP contribution in [0.3, 0.4) is 0 Å². The van der Waals surface area contributed by atoms with Gasteiger partial charge in [-0.25, -0.2) is 0 Å². The minimum atomic E-state index is -0.169. The Bertz CT molecular complexity index is 246. The number of carbonyl (C=O) groups excluding carboxylic acids is 1. The molecule has 0 atom stereocenters. The van der Waals surface area contributed by atoms with Crippen LogP contribution in [0.15, 0.2) is 16.8 Å². The average molecular weight is 199 g/mol. The Morgan fingerprint density at radius 1 is 1.69 bits per heavy atom. The Hall–Kier alpha value is -0.870. The van der Waals surface area contributed by atoms with Crippen LogP contribution in [0, 0.1) is 0 Å². The van der Waals surface area contributed by atoms with Gasteiger partial charge in [0, 0.05) is 13.1 Å². The summed E-state index contributed by atoms with van der Waals surface area (Å²) in [4.78, 5) is 10.7. The van der Waals surface area contributed by atoms with Gasteiger partial charge in [-0.2, -0.15) is 11.3 Å². The maximum absolute atomic E-state index is 10.7. The second-order valence-electron chi connectivity index (χ2n) is 2.63. The predicted octanol–water partition coefficient (Wildman–Crippen LogP) is 1.40. The zero-order chi connectivity index (χ0) is 9.52. The molecular formula is C9H13NO2S. The molecule has 1 aromatic rings. The van der Waals surface area contributed by atoms with Gasteiger partial charge < -0.3 is 10.1 Å². The third-order valence-electron chi connectivity index (χ3n) is 1.64. The van der Waals surface area contributed by atoms with E-state index in [-0.39, 0.29) is 5.97 Å². The molecule has 0 radical (unpaired) electrons. The summed E-state index contributed by atoms with van der Waals surface area (Å²) < 4.78 is 4.51. The maximum Gasteiger partial charge on any atom is 0.306 e. The highest BCUT2D eigenvalue weighted by atomic mass is 32.1. The lowest BCUT2D eigenvalue weighted by Gasteiger charge is -2.01. The molecule has 0 unspecified atom stereocenters. The van der Waals surface area contributed by atoms with Gasteiger partial charge in [-0.1, -0.05) is 0 Å². The quantitative estimate of drug-likeness (QED) is 0.575. The van der Waals surface area contributed by atoms with Crippen molar-refractivity contribution in [2.45, 2.75) is 13.0 Å². The van der Waals surface area contributed by atoms with E-state index < -0.39 is 0 Å². The average Bonchev–Trinajstić information content (AvgIpc) is 2.64. The molecule has 3 nitrogen and oxygen atoms in total. The Morgan fingerprint density at radius 3 is 3.15 bits per heavy atom. The van der Waals surface area contributed by atoms with E-state index in [0.29, 0.717) is 13.0 Å². The minimum Gasteiger partial charge on any atom is -0.469 e. The van der Waals surface area contributed by atoms with E-state index in [9.17, 15) is 4.79 Å². The summed E-state index contributed by atoms with van der Waals surface area (Å²) >= 11 is 1.68. The van der Waals surface area contributed by atoms with Crippen molar-refractivity contribution in [3.63, 3.8) is 0 Å². The van der Waals surface area contributed by atoms with Crippen molar-refractivity contribution in [2.24, 2.45) is 0 Å². The fraction of sp³-hybridized carbons (Fsp3) is 0.444. The van der Waals surface area contributed by atoms with Crippen LogP contribution in [0.2, 0.25) is 0 Å². The van der Waals surface area contributed by atoms with Crippen LogP contribution < -0.4 is 5.32 Å². The van der Waals surface area contributed by atoms with E-state index in [2.05, 4.69) is 21.5 Å². The first kappa shape index (κ1) is 10.2. The number of hydrogen-bond acceptors (Lipinski definition) is 4. The molecule has 4 heteroatoms. The number of methoxy groups -OCH3 is 1. The molecule has 13 heavy (non-hydrogen) atoms. The third kappa shape index (κ3) is 4.05. The molecule has 1 aromatic heterocycles. The first-order valence-electron chi connectivity index (χ1n) is 4.11. The van der Waals surface area contributed by atoms with Crippen molar-refractivity contribution in [2.75, 3.05) is 13.7 Å². The van der Waals surface area contributed by atoms with Gasteiger partial charge in [0.05, 0.1) is 13.5 Å². The van der Waals surface area contributed by atoms with Crippen LogP contribution in [0.25, 0.3) is 0 Å².